The molecule has 2 nitrogen and oxygen atoms in total. The maximum Gasteiger partial charge on any atom is 0.0175 e. The Kier molecular flexibility index (Phi) is 5.89. The Morgan fingerprint density at radius 1 is 1.07 bits per heavy atom. The van der Waals surface area contributed by atoms with E-state index < -0.39 is 0 Å². The summed E-state index contributed by atoms with van der Waals surface area (Å²) < 4.78 is 0. The number of allylic oxidation sites excluding steroid dienone is 2. The normalized spacial score (nSPS) is 18.1. The SMILES string of the molecule is CCCC1(CCC)C=CN(N)C=C1.Cl. The molecular weight excluding hydrogens is 196 g/mol. The zero-order chi connectivity index (χ0) is 9.73. The van der Waals surface area contributed by atoms with Gasteiger partial charge in [-0.3, -0.25) is 5.01 Å². The highest BCUT2D eigenvalue weighted by atomic mass is 35.5. The lowest BCUT2D eigenvalue weighted by Gasteiger charge is -2.30. The summed E-state index contributed by atoms with van der Waals surface area (Å²) in [5.74, 6) is 5.61. The third-order valence-corrected chi connectivity index (χ3v) is 2.59. The molecule has 0 aliphatic carbocycles. The summed E-state index contributed by atoms with van der Waals surface area (Å²) in [5, 5.41) is 1.61. The molecule has 0 atom stereocenters. The molecular formula is C11H21ClN2. The van der Waals surface area contributed by atoms with Crippen molar-refractivity contribution in [2.24, 2.45) is 11.3 Å². The van der Waals surface area contributed by atoms with Crippen molar-refractivity contribution in [2.45, 2.75) is 39.5 Å². The highest BCUT2D eigenvalue weighted by Crippen LogP contribution is 2.35. The molecule has 0 aromatic rings. The topological polar surface area (TPSA) is 29.3 Å². The van der Waals surface area contributed by atoms with Gasteiger partial charge in [-0.05, 0) is 12.8 Å². The third-order valence-electron chi connectivity index (χ3n) is 2.59. The Labute approximate surface area is 93.2 Å². The fourth-order valence-electron chi connectivity index (χ4n) is 1.96. The van der Waals surface area contributed by atoms with Crippen molar-refractivity contribution in [1.29, 1.82) is 0 Å². The number of hydrogen-bond donors (Lipinski definition) is 1. The van der Waals surface area contributed by atoms with Gasteiger partial charge in [-0.2, -0.15) is 0 Å². The monoisotopic (exact) mass is 216 g/mol. The molecule has 0 amide bonds. The summed E-state index contributed by atoms with van der Waals surface area (Å²) in [5.41, 5.74) is 0.277. The van der Waals surface area contributed by atoms with Gasteiger partial charge in [0.15, 0.2) is 0 Å². The lowest BCUT2D eigenvalue weighted by Crippen LogP contribution is -2.26. The minimum atomic E-state index is 0. The first-order valence-electron chi connectivity index (χ1n) is 5.14. The molecule has 0 spiro atoms. The Bertz CT molecular complexity index is 189. The number of nitrogens with two attached hydrogens (primary N) is 1. The maximum absolute atomic E-state index is 5.61. The van der Waals surface area contributed by atoms with Crippen molar-refractivity contribution in [1.82, 2.24) is 5.01 Å². The van der Waals surface area contributed by atoms with Crippen LogP contribution in [0.1, 0.15) is 39.5 Å². The summed E-state index contributed by atoms with van der Waals surface area (Å²) in [6.07, 6.45) is 13.3. The maximum atomic E-state index is 5.61. The molecule has 0 bridgehead atoms. The van der Waals surface area contributed by atoms with E-state index in [1.165, 1.54) is 25.7 Å². The molecule has 0 fully saturated rings. The molecule has 3 heteroatoms. The van der Waals surface area contributed by atoms with Crippen LogP contribution in [0, 0.1) is 5.41 Å². The predicted molar refractivity (Wildman–Crippen MR) is 63.8 cm³/mol. The highest BCUT2D eigenvalue weighted by molar-refractivity contribution is 5.85. The van der Waals surface area contributed by atoms with E-state index in [0.29, 0.717) is 0 Å². The van der Waals surface area contributed by atoms with Crippen LogP contribution >= 0.6 is 12.4 Å². The Morgan fingerprint density at radius 2 is 1.50 bits per heavy atom. The van der Waals surface area contributed by atoms with Crippen molar-refractivity contribution in [3.8, 4) is 0 Å². The number of hydrogen-bond acceptors (Lipinski definition) is 2. The minimum Gasteiger partial charge on any atom is -0.295 e. The van der Waals surface area contributed by atoms with Crippen molar-refractivity contribution in [3.05, 3.63) is 24.6 Å². The molecule has 0 saturated carbocycles. The molecule has 1 aliphatic heterocycles. The summed E-state index contributed by atoms with van der Waals surface area (Å²) >= 11 is 0. The summed E-state index contributed by atoms with van der Waals surface area (Å²) in [4.78, 5) is 0. The predicted octanol–water partition coefficient (Wildman–Crippen LogP) is 3.21. The van der Waals surface area contributed by atoms with Gasteiger partial charge in [0.2, 0.25) is 0 Å². The van der Waals surface area contributed by atoms with Crippen LogP contribution in [-0.4, -0.2) is 5.01 Å². The summed E-state index contributed by atoms with van der Waals surface area (Å²) in [6.45, 7) is 4.46. The van der Waals surface area contributed by atoms with E-state index in [4.69, 9.17) is 5.84 Å². The number of rotatable bonds is 4. The van der Waals surface area contributed by atoms with Crippen LogP contribution in [0.15, 0.2) is 24.6 Å². The molecule has 0 unspecified atom stereocenters. The zero-order valence-corrected chi connectivity index (χ0v) is 9.89. The fourth-order valence-corrected chi connectivity index (χ4v) is 1.96. The first-order valence-corrected chi connectivity index (χ1v) is 5.14. The second-order valence-electron chi connectivity index (χ2n) is 3.81. The van der Waals surface area contributed by atoms with Crippen molar-refractivity contribution >= 4 is 12.4 Å². The van der Waals surface area contributed by atoms with Crippen LogP contribution < -0.4 is 5.84 Å². The Hall–Kier alpha value is -0.470. The van der Waals surface area contributed by atoms with E-state index in [9.17, 15) is 0 Å². The molecule has 0 saturated heterocycles. The van der Waals surface area contributed by atoms with Crippen LogP contribution in [0.2, 0.25) is 0 Å². The number of hydrazine groups is 1. The van der Waals surface area contributed by atoms with Gasteiger partial charge in [0.1, 0.15) is 0 Å². The molecule has 0 aromatic carbocycles. The molecule has 2 N–H and O–H groups in total. The Balaban J connectivity index is 0.00000169. The van der Waals surface area contributed by atoms with Gasteiger partial charge >= 0.3 is 0 Å². The lowest BCUT2D eigenvalue weighted by molar-refractivity contribution is 0.372. The van der Waals surface area contributed by atoms with Gasteiger partial charge in [0.25, 0.3) is 0 Å². The van der Waals surface area contributed by atoms with Crippen LogP contribution in [0.4, 0.5) is 0 Å². The quantitative estimate of drug-likeness (QED) is 0.732. The van der Waals surface area contributed by atoms with Gasteiger partial charge in [-0.15, -0.1) is 12.4 Å². The Morgan fingerprint density at radius 3 is 1.86 bits per heavy atom. The van der Waals surface area contributed by atoms with E-state index in [2.05, 4.69) is 26.0 Å². The van der Waals surface area contributed by atoms with Crippen LogP contribution in [0.3, 0.4) is 0 Å². The average Bonchev–Trinajstić information content (AvgIpc) is 2.11. The van der Waals surface area contributed by atoms with E-state index >= 15 is 0 Å². The first kappa shape index (κ1) is 13.5. The standard InChI is InChI=1S/C11H20N2.ClH/c1-3-5-11(6-4-2)7-9-13(12)10-8-11;/h7-10H,3-6,12H2,1-2H3;1H. The van der Waals surface area contributed by atoms with E-state index in [0.717, 1.165) is 0 Å². The van der Waals surface area contributed by atoms with Gasteiger partial charge in [0.05, 0.1) is 0 Å². The molecule has 1 heterocycles. The molecule has 14 heavy (non-hydrogen) atoms. The zero-order valence-electron chi connectivity index (χ0n) is 9.07. The van der Waals surface area contributed by atoms with Crippen LogP contribution in [0.25, 0.3) is 0 Å². The van der Waals surface area contributed by atoms with Gasteiger partial charge in [0, 0.05) is 17.8 Å². The number of nitrogens with zero attached hydrogens (tertiary/aromatic N) is 1. The van der Waals surface area contributed by atoms with Gasteiger partial charge < -0.3 is 0 Å². The fraction of sp³-hybridized carbons (Fsp3) is 0.636. The first-order chi connectivity index (χ1) is 6.22. The van der Waals surface area contributed by atoms with E-state index in [-0.39, 0.29) is 17.8 Å². The van der Waals surface area contributed by atoms with Gasteiger partial charge in [-0.1, -0.05) is 38.8 Å². The largest absolute Gasteiger partial charge is 0.295 e. The molecule has 1 rings (SSSR count). The van der Waals surface area contributed by atoms with Crippen molar-refractivity contribution < 1.29 is 0 Å². The second kappa shape index (κ2) is 6.10. The molecule has 0 radical (unpaired) electrons. The van der Waals surface area contributed by atoms with Crippen molar-refractivity contribution in [3.63, 3.8) is 0 Å². The highest BCUT2D eigenvalue weighted by Gasteiger charge is 2.23. The summed E-state index contributed by atoms with van der Waals surface area (Å²) in [6, 6.07) is 0. The van der Waals surface area contributed by atoms with Gasteiger partial charge in [-0.25, -0.2) is 5.84 Å². The van der Waals surface area contributed by atoms with E-state index in [1.54, 1.807) is 5.01 Å². The average molecular weight is 217 g/mol. The van der Waals surface area contributed by atoms with Crippen LogP contribution in [-0.2, 0) is 0 Å². The number of halogens is 1. The molecule has 0 aromatic heterocycles. The van der Waals surface area contributed by atoms with E-state index in [1.807, 2.05) is 12.4 Å². The summed E-state index contributed by atoms with van der Waals surface area (Å²) in [7, 11) is 0. The lowest BCUT2D eigenvalue weighted by atomic mass is 9.78. The molecule has 1 aliphatic rings. The van der Waals surface area contributed by atoms with Crippen LogP contribution in [0.5, 0.6) is 0 Å². The second-order valence-corrected chi connectivity index (χ2v) is 3.81. The minimum absolute atomic E-state index is 0. The molecule has 82 valence electrons. The third kappa shape index (κ3) is 3.35. The van der Waals surface area contributed by atoms with Crippen molar-refractivity contribution in [2.75, 3.05) is 0 Å². The smallest absolute Gasteiger partial charge is 0.0175 e.